The summed E-state index contributed by atoms with van der Waals surface area (Å²) in [5, 5.41) is 0. The Kier molecular flexibility index (Phi) is 7.28. The summed E-state index contributed by atoms with van der Waals surface area (Å²) in [6.45, 7) is 11.7. The first-order valence-corrected chi connectivity index (χ1v) is 8.87. The molecule has 0 rings (SSSR count). The average Bonchev–Trinajstić information content (AvgIpc) is 2.21. The van der Waals surface area contributed by atoms with Gasteiger partial charge in [0.15, 0.2) is 0 Å². The van der Waals surface area contributed by atoms with E-state index in [1.807, 2.05) is 0 Å². The number of esters is 1. The molecule has 0 heterocycles. The van der Waals surface area contributed by atoms with Gasteiger partial charge in [-0.15, -0.1) is 0 Å². The van der Waals surface area contributed by atoms with Gasteiger partial charge in [0.25, 0.3) is 0 Å². The molecule has 0 aliphatic heterocycles. The predicted molar refractivity (Wildman–Crippen MR) is 69.7 cm³/mol. The predicted octanol–water partition coefficient (Wildman–Crippen LogP) is 1.25. The summed E-state index contributed by atoms with van der Waals surface area (Å²) in [7, 11) is -1.37. The molecule has 3 N–H and O–H groups in total. The van der Waals surface area contributed by atoms with Crippen LogP contribution in [-0.4, -0.2) is 33.9 Å². The fourth-order valence-electron chi connectivity index (χ4n) is 1.30. The van der Waals surface area contributed by atoms with Gasteiger partial charge in [0, 0.05) is 18.7 Å². The number of nitrogens with two attached hydrogens (primary N) is 1. The van der Waals surface area contributed by atoms with E-state index < -0.39 is 8.24 Å². The second-order valence-corrected chi connectivity index (χ2v) is 9.24. The quantitative estimate of drug-likeness (QED) is 0.292. The molecule has 0 aromatic carbocycles. The maximum absolute atomic E-state index is 11.1. The fourth-order valence-corrected chi connectivity index (χ4v) is 3.33. The molecule has 0 saturated heterocycles. The lowest BCUT2D eigenvalue weighted by molar-refractivity contribution is -0.138. The van der Waals surface area contributed by atoms with Crippen LogP contribution in [0.1, 0.15) is 13.3 Å². The zero-order valence-corrected chi connectivity index (χ0v) is 11.6. The molecule has 0 spiro atoms. The summed E-state index contributed by atoms with van der Waals surface area (Å²) < 4.78 is 5.03. The second-order valence-electron chi connectivity index (χ2n) is 4.62. The molecule has 0 atom stereocenters. The van der Waals surface area contributed by atoms with E-state index >= 15 is 0 Å². The molecular weight excluding hydrogens is 220 g/mol. The number of nitrogens with one attached hydrogen (secondary N) is 1. The van der Waals surface area contributed by atoms with Gasteiger partial charge in [0.1, 0.15) is 8.24 Å². The summed E-state index contributed by atoms with van der Waals surface area (Å²) >= 11 is 0. The minimum Gasteiger partial charge on any atom is -0.462 e. The standard InChI is InChI=1S/C11H24N2O2Si/c1-10(2)11(14)15-8-5-9-16(3,4)13-7-6-12/h13H,1,5-9,12H2,2-4H3. The highest BCUT2D eigenvalue weighted by atomic mass is 28.3. The van der Waals surface area contributed by atoms with Crippen LogP contribution in [-0.2, 0) is 9.53 Å². The molecule has 0 unspecified atom stereocenters. The second kappa shape index (κ2) is 7.59. The summed E-state index contributed by atoms with van der Waals surface area (Å²) in [5.41, 5.74) is 5.90. The minimum absolute atomic E-state index is 0.297. The van der Waals surface area contributed by atoms with Crippen molar-refractivity contribution in [1.82, 2.24) is 4.98 Å². The van der Waals surface area contributed by atoms with Crippen molar-refractivity contribution in [2.75, 3.05) is 19.7 Å². The van der Waals surface area contributed by atoms with Crippen LogP contribution in [0.25, 0.3) is 0 Å². The zero-order chi connectivity index (χ0) is 12.6. The molecule has 4 nitrogen and oxygen atoms in total. The van der Waals surface area contributed by atoms with E-state index in [1.165, 1.54) is 0 Å². The Labute approximate surface area is 99.3 Å². The van der Waals surface area contributed by atoms with Gasteiger partial charge in [-0.25, -0.2) is 4.79 Å². The van der Waals surface area contributed by atoms with Gasteiger partial charge in [-0.05, 0) is 19.4 Å². The highest BCUT2D eigenvalue weighted by Crippen LogP contribution is 2.08. The van der Waals surface area contributed by atoms with E-state index in [0.717, 1.165) is 19.0 Å². The van der Waals surface area contributed by atoms with Gasteiger partial charge in [-0.2, -0.15) is 0 Å². The largest absolute Gasteiger partial charge is 0.462 e. The van der Waals surface area contributed by atoms with E-state index in [1.54, 1.807) is 6.92 Å². The lowest BCUT2D eigenvalue weighted by Crippen LogP contribution is -2.46. The first kappa shape index (κ1) is 15.3. The molecule has 0 aliphatic rings. The Balaban J connectivity index is 3.64. The van der Waals surface area contributed by atoms with E-state index in [2.05, 4.69) is 24.7 Å². The highest BCUT2D eigenvalue weighted by Gasteiger charge is 2.19. The summed E-state index contributed by atoms with van der Waals surface area (Å²) in [6.07, 6.45) is 0.899. The average molecular weight is 244 g/mol. The van der Waals surface area contributed by atoms with Crippen molar-refractivity contribution in [3.63, 3.8) is 0 Å². The van der Waals surface area contributed by atoms with Crippen LogP contribution in [0.3, 0.4) is 0 Å². The van der Waals surface area contributed by atoms with Crippen LogP contribution < -0.4 is 10.7 Å². The molecule has 5 heteroatoms. The van der Waals surface area contributed by atoms with Crippen LogP contribution in [0.4, 0.5) is 0 Å². The van der Waals surface area contributed by atoms with E-state index in [9.17, 15) is 4.79 Å². The first-order valence-electron chi connectivity index (χ1n) is 5.67. The summed E-state index contributed by atoms with van der Waals surface area (Å²) in [5.74, 6) is -0.297. The van der Waals surface area contributed by atoms with Gasteiger partial charge in [-0.1, -0.05) is 19.7 Å². The Hall–Kier alpha value is -0.653. The van der Waals surface area contributed by atoms with Crippen molar-refractivity contribution in [3.05, 3.63) is 12.2 Å². The molecule has 94 valence electrons. The van der Waals surface area contributed by atoms with Crippen LogP contribution in [0, 0.1) is 0 Å². The van der Waals surface area contributed by atoms with Crippen LogP contribution in [0.15, 0.2) is 12.2 Å². The molecule has 0 aromatic rings. The molecule has 0 saturated carbocycles. The fraction of sp³-hybridized carbons (Fsp3) is 0.727. The summed E-state index contributed by atoms with van der Waals surface area (Å²) in [4.78, 5) is 14.6. The van der Waals surface area contributed by atoms with Gasteiger partial charge < -0.3 is 15.5 Å². The molecule has 16 heavy (non-hydrogen) atoms. The third-order valence-electron chi connectivity index (χ3n) is 2.28. The number of rotatable bonds is 8. The number of ether oxygens (including phenoxy) is 1. The third-order valence-corrected chi connectivity index (χ3v) is 5.09. The van der Waals surface area contributed by atoms with E-state index in [-0.39, 0.29) is 5.97 Å². The molecule has 0 aliphatic carbocycles. The Morgan fingerprint density at radius 3 is 2.62 bits per heavy atom. The molecule has 0 bridgehead atoms. The highest BCUT2D eigenvalue weighted by molar-refractivity contribution is 6.74. The van der Waals surface area contributed by atoms with E-state index in [0.29, 0.717) is 18.7 Å². The zero-order valence-electron chi connectivity index (χ0n) is 10.6. The first-order chi connectivity index (χ1) is 7.39. The molecule has 0 fully saturated rings. The number of hydrogen-bond acceptors (Lipinski definition) is 4. The van der Waals surface area contributed by atoms with Gasteiger partial charge in [-0.3, -0.25) is 0 Å². The number of hydrogen-bond donors (Lipinski definition) is 2. The monoisotopic (exact) mass is 244 g/mol. The maximum atomic E-state index is 11.1. The van der Waals surface area contributed by atoms with Gasteiger partial charge in [0.2, 0.25) is 0 Å². The van der Waals surface area contributed by atoms with Crippen molar-refractivity contribution < 1.29 is 9.53 Å². The van der Waals surface area contributed by atoms with Crippen molar-refractivity contribution in [2.45, 2.75) is 32.5 Å². The van der Waals surface area contributed by atoms with E-state index in [4.69, 9.17) is 10.5 Å². The van der Waals surface area contributed by atoms with Crippen molar-refractivity contribution >= 4 is 14.2 Å². The van der Waals surface area contributed by atoms with Crippen LogP contribution >= 0.6 is 0 Å². The van der Waals surface area contributed by atoms with Crippen molar-refractivity contribution in [1.29, 1.82) is 0 Å². The SMILES string of the molecule is C=C(C)C(=O)OCCC[Si](C)(C)NCCN. The Bertz CT molecular complexity index is 242. The van der Waals surface area contributed by atoms with Gasteiger partial charge in [0.05, 0.1) is 6.61 Å². The topological polar surface area (TPSA) is 64.3 Å². The van der Waals surface area contributed by atoms with Crippen LogP contribution in [0.2, 0.25) is 19.1 Å². The molecular formula is C11H24N2O2Si. The number of carbonyl (C=O) groups is 1. The molecule has 0 aromatic heterocycles. The molecule has 0 radical (unpaired) electrons. The van der Waals surface area contributed by atoms with Crippen LogP contribution in [0.5, 0.6) is 0 Å². The van der Waals surface area contributed by atoms with Crippen molar-refractivity contribution in [2.24, 2.45) is 5.73 Å². The smallest absolute Gasteiger partial charge is 0.333 e. The third kappa shape index (κ3) is 7.61. The number of carbonyl (C=O) groups excluding carboxylic acids is 1. The normalized spacial score (nSPS) is 11.2. The lowest BCUT2D eigenvalue weighted by Gasteiger charge is -2.23. The summed E-state index contributed by atoms with van der Waals surface area (Å²) in [6, 6.07) is 1.08. The lowest BCUT2D eigenvalue weighted by atomic mass is 10.4. The Morgan fingerprint density at radius 2 is 2.12 bits per heavy atom. The van der Waals surface area contributed by atoms with Crippen molar-refractivity contribution in [3.8, 4) is 0 Å². The Morgan fingerprint density at radius 1 is 1.50 bits per heavy atom. The molecule has 0 amide bonds. The minimum atomic E-state index is -1.37. The maximum Gasteiger partial charge on any atom is 0.333 e. The van der Waals surface area contributed by atoms with Gasteiger partial charge >= 0.3 is 5.97 Å².